The topological polar surface area (TPSA) is 58.4 Å². The molecule has 0 bridgehead atoms. The van der Waals surface area contributed by atoms with E-state index in [0.717, 1.165) is 5.69 Å². The second-order valence-corrected chi connectivity index (χ2v) is 5.59. The fourth-order valence-electron chi connectivity index (χ4n) is 1.91. The lowest BCUT2D eigenvalue weighted by molar-refractivity contribution is 0.102. The van der Waals surface area contributed by atoms with Crippen LogP contribution in [0.25, 0.3) is 0 Å². The van der Waals surface area contributed by atoms with Crippen molar-refractivity contribution in [2.24, 2.45) is 0 Å². The zero-order chi connectivity index (χ0) is 15.6. The molecule has 3 N–H and O–H groups in total. The van der Waals surface area contributed by atoms with Gasteiger partial charge < -0.3 is 16.0 Å². The van der Waals surface area contributed by atoms with Crippen LogP contribution in [0.15, 0.2) is 36.4 Å². The number of carbonyl (C=O) groups excluding carboxylic acids is 1. The van der Waals surface area contributed by atoms with E-state index in [9.17, 15) is 4.79 Å². The SMILES string of the molecule is CN(C)c1ccc(NC(=O)c2ccc(Cl)cc2Cl)cc1N. The quantitative estimate of drug-likeness (QED) is 0.842. The molecule has 0 aliphatic rings. The normalized spacial score (nSPS) is 10.3. The van der Waals surface area contributed by atoms with Gasteiger partial charge in [0, 0.05) is 24.8 Å². The van der Waals surface area contributed by atoms with Crippen molar-refractivity contribution in [3.8, 4) is 0 Å². The summed E-state index contributed by atoms with van der Waals surface area (Å²) in [6.07, 6.45) is 0. The van der Waals surface area contributed by atoms with E-state index in [1.165, 1.54) is 6.07 Å². The molecule has 0 radical (unpaired) electrons. The highest BCUT2D eigenvalue weighted by Gasteiger charge is 2.12. The van der Waals surface area contributed by atoms with Gasteiger partial charge in [0.1, 0.15) is 0 Å². The predicted octanol–water partition coefficient (Wildman–Crippen LogP) is 3.89. The van der Waals surface area contributed by atoms with Gasteiger partial charge in [-0.3, -0.25) is 4.79 Å². The first-order valence-corrected chi connectivity index (χ1v) is 6.97. The maximum atomic E-state index is 12.2. The van der Waals surface area contributed by atoms with Gasteiger partial charge in [-0.15, -0.1) is 0 Å². The molecule has 0 aromatic heterocycles. The third kappa shape index (κ3) is 3.60. The number of amides is 1. The van der Waals surface area contributed by atoms with Gasteiger partial charge in [0.25, 0.3) is 5.91 Å². The number of nitrogens with one attached hydrogen (secondary N) is 1. The molecule has 0 heterocycles. The number of nitrogens with two attached hydrogens (primary N) is 1. The van der Waals surface area contributed by atoms with E-state index in [0.29, 0.717) is 27.0 Å². The van der Waals surface area contributed by atoms with E-state index in [1.807, 2.05) is 25.1 Å². The van der Waals surface area contributed by atoms with Crippen LogP contribution in [0.3, 0.4) is 0 Å². The molecular weight excluding hydrogens is 309 g/mol. The highest BCUT2D eigenvalue weighted by Crippen LogP contribution is 2.26. The van der Waals surface area contributed by atoms with Crippen LogP contribution in [0.2, 0.25) is 10.0 Å². The van der Waals surface area contributed by atoms with Crippen LogP contribution >= 0.6 is 23.2 Å². The second-order valence-electron chi connectivity index (χ2n) is 4.75. The molecule has 0 saturated heterocycles. The van der Waals surface area contributed by atoms with Gasteiger partial charge in [0.2, 0.25) is 0 Å². The first-order valence-electron chi connectivity index (χ1n) is 6.21. The molecule has 110 valence electrons. The summed E-state index contributed by atoms with van der Waals surface area (Å²) in [6, 6.07) is 10.1. The zero-order valence-electron chi connectivity index (χ0n) is 11.7. The summed E-state index contributed by atoms with van der Waals surface area (Å²) in [5.74, 6) is -0.311. The summed E-state index contributed by atoms with van der Waals surface area (Å²) >= 11 is 11.8. The van der Waals surface area contributed by atoms with Gasteiger partial charge in [0.15, 0.2) is 0 Å². The lowest BCUT2D eigenvalue weighted by Crippen LogP contribution is -2.14. The fourth-order valence-corrected chi connectivity index (χ4v) is 2.41. The van der Waals surface area contributed by atoms with Crippen molar-refractivity contribution in [3.63, 3.8) is 0 Å². The summed E-state index contributed by atoms with van der Waals surface area (Å²) in [4.78, 5) is 14.1. The molecule has 0 atom stereocenters. The zero-order valence-corrected chi connectivity index (χ0v) is 13.2. The minimum absolute atomic E-state index is 0.304. The van der Waals surface area contributed by atoms with Crippen LogP contribution in [0.4, 0.5) is 17.1 Å². The monoisotopic (exact) mass is 323 g/mol. The Labute approximate surface area is 133 Å². The van der Waals surface area contributed by atoms with Gasteiger partial charge >= 0.3 is 0 Å². The Morgan fingerprint density at radius 1 is 1.14 bits per heavy atom. The van der Waals surface area contributed by atoms with Crippen molar-refractivity contribution in [1.29, 1.82) is 0 Å². The van der Waals surface area contributed by atoms with Gasteiger partial charge in [-0.25, -0.2) is 0 Å². The molecule has 2 rings (SSSR count). The van der Waals surface area contributed by atoms with Gasteiger partial charge in [-0.05, 0) is 36.4 Å². The third-order valence-corrected chi connectivity index (χ3v) is 3.49. The van der Waals surface area contributed by atoms with Crippen LogP contribution in [-0.2, 0) is 0 Å². The number of anilines is 3. The predicted molar refractivity (Wildman–Crippen MR) is 89.6 cm³/mol. The average Bonchev–Trinajstić information content (AvgIpc) is 2.37. The maximum Gasteiger partial charge on any atom is 0.257 e. The Balaban J connectivity index is 2.22. The second kappa shape index (κ2) is 6.24. The van der Waals surface area contributed by atoms with E-state index in [-0.39, 0.29) is 5.91 Å². The van der Waals surface area contributed by atoms with E-state index < -0.39 is 0 Å². The van der Waals surface area contributed by atoms with E-state index in [1.54, 1.807) is 24.3 Å². The van der Waals surface area contributed by atoms with Crippen molar-refractivity contribution < 1.29 is 4.79 Å². The van der Waals surface area contributed by atoms with Crippen molar-refractivity contribution >= 4 is 46.2 Å². The van der Waals surface area contributed by atoms with E-state index >= 15 is 0 Å². The van der Waals surface area contributed by atoms with Gasteiger partial charge in [-0.1, -0.05) is 23.2 Å². The van der Waals surface area contributed by atoms with Crippen LogP contribution in [0, 0.1) is 0 Å². The number of rotatable bonds is 3. The third-order valence-electron chi connectivity index (χ3n) is 2.94. The molecule has 0 saturated carbocycles. The molecule has 1 amide bonds. The molecular formula is C15H15Cl2N3O. The highest BCUT2D eigenvalue weighted by molar-refractivity contribution is 6.37. The summed E-state index contributed by atoms with van der Waals surface area (Å²) in [7, 11) is 3.80. The molecule has 0 spiro atoms. The molecule has 0 aliphatic carbocycles. The number of nitrogens with zero attached hydrogens (tertiary/aromatic N) is 1. The number of carbonyl (C=O) groups is 1. The minimum atomic E-state index is -0.311. The number of halogens is 2. The van der Waals surface area contributed by atoms with Crippen LogP contribution in [0.1, 0.15) is 10.4 Å². The Morgan fingerprint density at radius 3 is 2.43 bits per heavy atom. The van der Waals surface area contributed by atoms with Gasteiger partial charge in [-0.2, -0.15) is 0 Å². The summed E-state index contributed by atoms with van der Waals surface area (Å²) in [5, 5.41) is 3.55. The lowest BCUT2D eigenvalue weighted by atomic mass is 10.2. The molecule has 4 nitrogen and oxygen atoms in total. The maximum absolute atomic E-state index is 12.2. The Hall–Kier alpha value is -1.91. The average molecular weight is 324 g/mol. The highest BCUT2D eigenvalue weighted by atomic mass is 35.5. The summed E-state index contributed by atoms with van der Waals surface area (Å²) < 4.78 is 0. The summed E-state index contributed by atoms with van der Waals surface area (Å²) in [6.45, 7) is 0. The largest absolute Gasteiger partial charge is 0.397 e. The Bertz CT molecular complexity index is 687. The first kappa shape index (κ1) is 15.5. The minimum Gasteiger partial charge on any atom is -0.397 e. The number of benzene rings is 2. The molecule has 2 aromatic rings. The Morgan fingerprint density at radius 2 is 1.86 bits per heavy atom. The number of hydrogen-bond acceptors (Lipinski definition) is 3. The van der Waals surface area contributed by atoms with Crippen molar-refractivity contribution in [2.45, 2.75) is 0 Å². The van der Waals surface area contributed by atoms with E-state index in [4.69, 9.17) is 28.9 Å². The van der Waals surface area contributed by atoms with Crippen LogP contribution < -0.4 is 16.0 Å². The van der Waals surface area contributed by atoms with Crippen LogP contribution in [-0.4, -0.2) is 20.0 Å². The van der Waals surface area contributed by atoms with Crippen LogP contribution in [0.5, 0.6) is 0 Å². The van der Waals surface area contributed by atoms with E-state index in [2.05, 4.69) is 5.32 Å². The smallest absolute Gasteiger partial charge is 0.257 e. The Kier molecular flexibility index (Phi) is 4.60. The standard InChI is InChI=1S/C15H15Cl2N3O/c1-20(2)14-6-4-10(8-13(14)18)19-15(21)11-5-3-9(16)7-12(11)17/h3-8H,18H2,1-2H3,(H,19,21). The molecule has 6 heteroatoms. The van der Waals surface area contributed by atoms with Crippen molar-refractivity contribution in [1.82, 2.24) is 0 Å². The fraction of sp³-hybridized carbons (Fsp3) is 0.133. The number of hydrogen-bond donors (Lipinski definition) is 2. The molecule has 0 fully saturated rings. The van der Waals surface area contributed by atoms with Crippen molar-refractivity contribution in [3.05, 3.63) is 52.0 Å². The van der Waals surface area contributed by atoms with Crippen molar-refractivity contribution in [2.75, 3.05) is 30.0 Å². The molecule has 2 aromatic carbocycles. The van der Waals surface area contributed by atoms with Gasteiger partial charge in [0.05, 0.1) is 22.0 Å². The molecule has 0 unspecified atom stereocenters. The lowest BCUT2D eigenvalue weighted by Gasteiger charge is -2.16. The first-order chi connectivity index (χ1) is 9.88. The molecule has 0 aliphatic heterocycles. The summed E-state index contributed by atoms with van der Waals surface area (Å²) in [5.41, 5.74) is 8.38. The number of nitrogen functional groups attached to an aromatic ring is 1. The molecule has 21 heavy (non-hydrogen) atoms.